The normalized spacial score (nSPS) is 14.8. The fraction of sp³-hybridized carbons (Fsp3) is 0.391. The van der Waals surface area contributed by atoms with Crippen LogP contribution in [0, 0.1) is 0 Å². The van der Waals surface area contributed by atoms with Gasteiger partial charge in [-0.3, -0.25) is 9.59 Å². The Morgan fingerprint density at radius 2 is 1.78 bits per heavy atom. The molecule has 1 atom stereocenters. The molecule has 1 fully saturated rings. The predicted molar refractivity (Wildman–Crippen MR) is 132 cm³/mol. The third-order valence-electron chi connectivity index (χ3n) is 5.50. The lowest BCUT2D eigenvalue weighted by molar-refractivity contribution is -0.142. The molecule has 2 amide bonds. The van der Waals surface area contributed by atoms with E-state index >= 15 is 0 Å². The first-order valence-corrected chi connectivity index (χ1v) is 12.3. The van der Waals surface area contributed by atoms with Crippen molar-refractivity contribution in [1.82, 2.24) is 10.2 Å². The van der Waals surface area contributed by atoms with Crippen molar-refractivity contribution in [1.29, 1.82) is 0 Å². The second-order valence-electron chi connectivity index (χ2n) is 7.75. The summed E-state index contributed by atoms with van der Waals surface area (Å²) in [4.78, 5) is 27.6. The van der Waals surface area contributed by atoms with Crippen molar-refractivity contribution >= 4 is 62.5 Å². The molecule has 0 aliphatic heterocycles. The standard InChI is InChI=1S/C23H24BrCl3N2O3/c1-14(23(31)28-16-5-2-3-6-16)29(12-17-18(25)7-4-8-19(17)26)22(30)13-32-21-10-9-15(24)11-20(21)27/h4,7-11,14,16H,2-3,5-6,12-13H2,1H3,(H,28,31)/t14-/m1/s1. The number of halogens is 4. The molecule has 0 unspecified atom stereocenters. The van der Waals surface area contributed by atoms with Crippen LogP contribution in [0.3, 0.4) is 0 Å². The first kappa shape index (κ1) is 25.2. The number of carbonyl (C=O) groups excluding carboxylic acids is 2. The Morgan fingerprint density at radius 3 is 2.41 bits per heavy atom. The van der Waals surface area contributed by atoms with E-state index < -0.39 is 6.04 Å². The SMILES string of the molecule is C[C@H](C(=O)NC1CCCC1)N(Cc1c(Cl)cccc1Cl)C(=O)COc1ccc(Br)cc1Cl. The highest BCUT2D eigenvalue weighted by atomic mass is 79.9. The van der Waals surface area contributed by atoms with Crippen molar-refractivity contribution < 1.29 is 14.3 Å². The number of nitrogens with zero attached hydrogens (tertiary/aromatic N) is 1. The summed E-state index contributed by atoms with van der Waals surface area (Å²) in [5.74, 6) is -0.217. The summed E-state index contributed by atoms with van der Waals surface area (Å²) in [6.07, 6.45) is 4.10. The second-order valence-corrected chi connectivity index (χ2v) is 9.89. The number of ether oxygens (including phenoxy) is 1. The molecule has 0 aromatic heterocycles. The Bertz CT molecular complexity index is 963. The summed E-state index contributed by atoms with van der Waals surface area (Å²) in [6.45, 7) is 1.48. The number of hydrogen-bond acceptors (Lipinski definition) is 3. The summed E-state index contributed by atoms with van der Waals surface area (Å²) < 4.78 is 6.45. The number of carbonyl (C=O) groups is 2. The molecule has 0 heterocycles. The van der Waals surface area contributed by atoms with Crippen molar-refractivity contribution in [2.24, 2.45) is 0 Å². The molecule has 32 heavy (non-hydrogen) atoms. The van der Waals surface area contributed by atoms with Gasteiger partial charge in [-0.15, -0.1) is 0 Å². The lowest BCUT2D eigenvalue weighted by Gasteiger charge is -2.30. The van der Waals surface area contributed by atoms with Gasteiger partial charge in [0.05, 0.1) is 5.02 Å². The molecule has 2 aromatic carbocycles. The van der Waals surface area contributed by atoms with Gasteiger partial charge in [-0.05, 0) is 50.1 Å². The third kappa shape index (κ3) is 6.53. The molecule has 3 rings (SSSR count). The molecule has 9 heteroatoms. The van der Waals surface area contributed by atoms with Gasteiger partial charge in [0.15, 0.2) is 6.61 Å². The maximum absolute atomic E-state index is 13.2. The molecule has 0 spiro atoms. The fourth-order valence-electron chi connectivity index (χ4n) is 3.64. The molecular weight excluding hydrogens is 539 g/mol. The van der Waals surface area contributed by atoms with E-state index in [1.165, 1.54) is 4.90 Å². The minimum atomic E-state index is -0.737. The van der Waals surface area contributed by atoms with E-state index in [0.29, 0.717) is 26.4 Å². The molecule has 0 bridgehead atoms. The van der Waals surface area contributed by atoms with Crippen LogP contribution in [0.1, 0.15) is 38.2 Å². The molecule has 1 saturated carbocycles. The number of rotatable bonds is 8. The smallest absolute Gasteiger partial charge is 0.261 e. The van der Waals surface area contributed by atoms with Gasteiger partial charge in [-0.25, -0.2) is 0 Å². The van der Waals surface area contributed by atoms with Crippen LogP contribution in [0.4, 0.5) is 0 Å². The van der Waals surface area contributed by atoms with E-state index in [9.17, 15) is 9.59 Å². The van der Waals surface area contributed by atoms with Gasteiger partial charge < -0.3 is 15.0 Å². The zero-order valence-electron chi connectivity index (χ0n) is 17.5. The van der Waals surface area contributed by atoms with E-state index in [1.807, 2.05) is 0 Å². The van der Waals surface area contributed by atoms with E-state index in [0.717, 1.165) is 30.2 Å². The van der Waals surface area contributed by atoms with E-state index in [1.54, 1.807) is 43.3 Å². The van der Waals surface area contributed by atoms with Gasteiger partial charge in [-0.1, -0.05) is 69.6 Å². The summed E-state index contributed by atoms with van der Waals surface area (Å²) in [7, 11) is 0. The van der Waals surface area contributed by atoms with E-state index in [4.69, 9.17) is 39.5 Å². The summed E-state index contributed by atoms with van der Waals surface area (Å²) in [5, 5.41) is 4.28. The Labute approximate surface area is 211 Å². The first-order chi connectivity index (χ1) is 15.3. The third-order valence-corrected chi connectivity index (χ3v) is 7.00. The van der Waals surface area contributed by atoms with Crippen LogP contribution < -0.4 is 10.1 Å². The largest absolute Gasteiger partial charge is 0.482 e. The number of nitrogens with one attached hydrogen (secondary N) is 1. The molecule has 172 valence electrons. The first-order valence-electron chi connectivity index (χ1n) is 10.4. The van der Waals surface area contributed by atoms with Crippen LogP contribution >= 0.6 is 50.7 Å². The fourth-order valence-corrected chi connectivity index (χ4v) is 4.89. The second kappa shape index (κ2) is 11.6. The minimum absolute atomic E-state index is 0.0774. The average Bonchev–Trinajstić information content (AvgIpc) is 3.25. The summed E-state index contributed by atoms with van der Waals surface area (Å²) >= 11 is 22.2. The molecule has 0 radical (unpaired) electrons. The molecule has 1 aliphatic rings. The molecular formula is C23H24BrCl3N2O3. The van der Waals surface area contributed by atoms with E-state index in [2.05, 4.69) is 21.2 Å². The topological polar surface area (TPSA) is 58.6 Å². The van der Waals surface area contributed by atoms with Gasteiger partial charge in [0.1, 0.15) is 11.8 Å². The van der Waals surface area contributed by atoms with Crippen molar-refractivity contribution in [3.05, 3.63) is 61.5 Å². The molecule has 5 nitrogen and oxygen atoms in total. The lowest BCUT2D eigenvalue weighted by Crippen LogP contribution is -2.50. The van der Waals surface area contributed by atoms with Gasteiger partial charge in [0.25, 0.3) is 5.91 Å². The molecule has 0 saturated heterocycles. The minimum Gasteiger partial charge on any atom is -0.482 e. The van der Waals surface area contributed by atoms with Crippen molar-refractivity contribution in [3.63, 3.8) is 0 Å². The number of benzene rings is 2. The summed E-state index contributed by atoms with van der Waals surface area (Å²) in [6, 6.07) is 9.66. The summed E-state index contributed by atoms with van der Waals surface area (Å²) in [5.41, 5.74) is 0.575. The van der Waals surface area contributed by atoms with Crippen LogP contribution in [0.25, 0.3) is 0 Å². The number of amides is 2. The zero-order chi connectivity index (χ0) is 23.3. The van der Waals surface area contributed by atoms with Crippen LogP contribution in [0.15, 0.2) is 40.9 Å². The average molecular weight is 563 g/mol. The van der Waals surface area contributed by atoms with Crippen LogP contribution in [0.5, 0.6) is 5.75 Å². The van der Waals surface area contributed by atoms with E-state index in [-0.39, 0.29) is 31.0 Å². The lowest BCUT2D eigenvalue weighted by atomic mass is 10.1. The molecule has 2 aromatic rings. The molecule has 1 N–H and O–H groups in total. The quantitative estimate of drug-likeness (QED) is 0.413. The van der Waals surface area contributed by atoms with Crippen LogP contribution in [0.2, 0.25) is 15.1 Å². The van der Waals surface area contributed by atoms with Gasteiger partial charge in [0.2, 0.25) is 5.91 Å². The Morgan fingerprint density at radius 1 is 1.12 bits per heavy atom. The van der Waals surface area contributed by atoms with Gasteiger partial charge in [0, 0.05) is 32.7 Å². The highest BCUT2D eigenvalue weighted by Gasteiger charge is 2.29. The predicted octanol–water partition coefficient (Wildman–Crippen LogP) is 6.26. The van der Waals surface area contributed by atoms with Gasteiger partial charge >= 0.3 is 0 Å². The maximum Gasteiger partial charge on any atom is 0.261 e. The van der Waals surface area contributed by atoms with Crippen LogP contribution in [-0.4, -0.2) is 35.4 Å². The highest BCUT2D eigenvalue weighted by Crippen LogP contribution is 2.29. The van der Waals surface area contributed by atoms with Crippen LogP contribution in [-0.2, 0) is 16.1 Å². The van der Waals surface area contributed by atoms with Crippen molar-refractivity contribution in [3.8, 4) is 5.75 Å². The van der Waals surface area contributed by atoms with Crippen molar-refractivity contribution in [2.75, 3.05) is 6.61 Å². The zero-order valence-corrected chi connectivity index (χ0v) is 21.4. The maximum atomic E-state index is 13.2. The Hall–Kier alpha value is -1.47. The van der Waals surface area contributed by atoms with Gasteiger partial charge in [-0.2, -0.15) is 0 Å². The van der Waals surface area contributed by atoms with Crippen molar-refractivity contribution in [2.45, 2.75) is 51.2 Å². The highest BCUT2D eigenvalue weighted by molar-refractivity contribution is 9.10. The Kier molecular flexibility index (Phi) is 9.12. The Balaban J connectivity index is 1.78. The molecule has 1 aliphatic carbocycles. The number of hydrogen-bond donors (Lipinski definition) is 1. The monoisotopic (exact) mass is 560 g/mol.